The first-order valence-corrected chi connectivity index (χ1v) is 6.46. The average molecular weight is 293 g/mol. The average Bonchev–Trinajstić information content (AvgIpc) is 2.81. The van der Waals surface area contributed by atoms with Crippen LogP contribution in [-0.2, 0) is 6.54 Å². The number of hydrogen-bond donors (Lipinski definition) is 2. The summed E-state index contributed by atoms with van der Waals surface area (Å²) in [6.07, 6.45) is 1.65. The zero-order chi connectivity index (χ0) is 14.7. The third-order valence-electron chi connectivity index (χ3n) is 2.58. The minimum absolute atomic E-state index is 0.0102. The Morgan fingerprint density at radius 1 is 1.55 bits per heavy atom. The Bertz CT molecular complexity index is 636. The van der Waals surface area contributed by atoms with Crippen LogP contribution in [0.1, 0.15) is 20.2 Å². The van der Waals surface area contributed by atoms with Gasteiger partial charge in [-0.05, 0) is 13.0 Å². The van der Waals surface area contributed by atoms with Crippen molar-refractivity contribution in [3.8, 4) is 0 Å². The number of carboxylic acid groups (broad SMARTS) is 1. The summed E-state index contributed by atoms with van der Waals surface area (Å²) in [5, 5.41) is 23.8. The highest BCUT2D eigenvalue weighted by Gasteiger charge is 2.21. The van der Waals surface area contributed by atoms with E-state index in [0.717, 1.165) is 9.88 Å². The molecule has 2 rings (SSSR count). The number of aromatic carboxylic acids is 1. The molecule has 7 nitrogen and oxygen atoms in total. The molecule has 2 aromatic rings. The van der Waals surface area contributed by atoms with Crippen molar-refractivity contribution in [1.29, 1.82) is 0 Å². The summed E-state index contributed by atoms with van der Waals surface area (Å²) < 4.78 is 0. The molecular weight excluding hydrogens is 282 g/mol. The highest BCUT2D eigenvalue weighted by atomic mass is 32.1. The van der Waals surface area contributed by atoms with E-state index >= 15 is 0 Å². The first kappa shape index (κ1) is 13.9. The lowest BCUT2D eigenvalue weighted by Gasteiger charge is -2.08. The molecule has 8 heteroatoms. The number of carboxylic acids is 1. The SMILES string of the molecule is Cc1ncc(CNc2c(C(=O)O)cccc2[N+](=O)[O-])s1. The normalized spacial score (nSPS) is 10.2. The Morgan fingerprint density at radius 3 is 2.85 bits per heavy atom. The summed E-state index contributed by atoms with van der Waals surface area (Å²) in [6, 6.07) is 3.95. The Morgan fingerprint density at radius 2 is 2.30 bits per heavy atom. The van der Waals surface area contributed by atoms with Gasteiger partial charge in [0.05, 0.1) is 22.0 Å². The maximum absolute atomic E-state index is 11.1. The second-order valence-electron chi connectivity index (χ2n) is 3.96. The van der Waals surface area contributed by atoms with Gasteiger partial charge in [0, 0.05) is 17.1 Å². The van der Waals surface area contributed by atoms with Crippen LogP contribution < -0.4 is 5.32 Å². The number of rotatable bonds is 5. The summed E-state index contributed by atoms with van der Waals surface area (Å²) in [7, 11) is 0. The van der Waals surface area contributed by atoms with Crippen molar-refractivity contribution in [2.75, 3.05) is 5.32 Å². The highest BCUT2D eigenvalue weighted by molar-refractivity contribution is 7.11. The summed E-state index contributed by atoms with van der Waals surface area (Å²) in [5.74, 6) is -1.21. The fourth-order valence-electron chi connectivity index (χ4n) is 1.72. The second-order valence-corrected chi connectivity index (χ2v) is 5.28. The number of hydrogen-bond acceptors (Lipinski definition) is 6. The van der Waals surface area contributed by atoms with Gasteiger partial charge >= 0.3 is 5.97 Å². The van der Waals surface area contributed by atoms with Crippen LogP contribution in [0.4, 0.5) is 11.4 Å². The van der Waals surface area contributed by atoms with Crippen molar-refractivity contribution in [1.82, 2.24) is 4.98 Å². The van der Waals surface area contributed by atoms with Crippen LogP contribution >= 0.6 is 11.3 Å². The number of nitro benzene ring substituents is 1. The first-order chi connectivity index (χ1) is 9.49. The quantitative estimate of drug-likeness (QED) is 0.648. The molecule has 0 atom stereocenters. The predicted octanol–water partition coefficient (Wildman–Crippen LogP) is 2.67. The van der Waals surface area contributed by atoms with E-state index in [1.165, 1.54) is 29.5 Å². The van der Waals surface area contributed by atoms with E-state index in [-0.39, 0.29) is 23.5 Å². The molecule has 1 aromatic heterocycles. The van der Waals surface area contributed by atoms with E-state index in [1.807, 2.05) is 6.92 Å². The first-order valence-electron chi connectivity index (χ1n) is 5.65. The van der Waals surface area contributed by atoms with Gasteiger partial charge in [-0.3, -0.25) is 10.1 Å². The van der Waals surface area contributed by atoms with Crippen molar-refractivity contribution in [2.24, 2.45) is 0 Å². The van der Waals surface area contributed by atoms with Gasteiger partial charge < -0.3 is 10.4 Å². The molecule has 0 aliphatic carbocycles. The molecule has 0 fully saturated rings. The largest absolute Gasteiger partial charge is 0.478 e. The van der Waals surface area contributed by atoms with Gasteiger partial charge in [-0.25, -0.2) is 9.78 Å². The van der Waals surface area contributed by atoms with Gasteiger partial charge in [0.2, 0.25) is 0 Å². The smallest absolute Gasteiger partial charge is 0.338 e. The Kier molecular flexibility index (Phi) is 3.94. The van der Waals surface area contributed by atoms with Gasteiger partial charge in [0.25, 0.3) is 5.69 Å². The van der Waals surface area contributed by atoms with Gasteiger partial charge in [0.1, 0.15) is 5.69 Å². The van der Waals surface area contributed by atoms with Gasteiger partial charge in [-0.1, -0.05) is 6.07 Å². The van der Waals surface area contributed by atoms with E-state index in [4.69, 9.17) is 5.11 Å². The number of nitro groups is 1. The summed E-state index contributed by atoms with van der Waals surface area (Å²) in [5.41, 5.74) is -0.373. The van der Waals surface area contributed by atoms with E-state index in [1.54, 1.807) is 6.20 Å². The lowest BCUT2D eigenvalue weighted by atomic mass is 10.1. The number of nitrogens with zero attached hydrogens (tertiary/aromatic N) is 2. The molecular formula is C12H11N3O4S. The molecule has 20 heavy (non-hydrogen) atoms. The summed E-state index contributed by atoms with van der Waals surface area (Å²) >= 11 is 1.44. The molecule has 104 valence electrons. The number of nitrogens with one attached hydrogen (secondary N) is 1. The minimum Gasteiger partial charge on any atom is -0.478 e. The van der Waals surface area contributed by atoms with Gasteiger partial charge in [-0.2, -0.15) is 0 Å². The summed E-state index contributed by atoms with van der Waals surface area (Å²) in [4.78, 5) is 26.5. The maximum atomic E-state index is 11.1. The lowest BCUT2D eigenvalue weighted by Crippen LogP contribution is -2.08. The number of aryl methyl sites for hydroxylation is 1. The van der Waals surface area contributed by atoms with Crippen molar-refractivity contribution >= 4 is 28.7 Å². The third-order valence-corrected chi connectivity index (χ3v) is 3.49. The molecule has 0 unspecified atom stereocenters. The predicted molar refractivity (Wildman–Crippen MR) is 74.2 cm³/mol. The second kappa shape index (κ2) is 5.66. The maximum Gasteiger partial charge on any atom is 0.338 e. The molecule has 0 spiro atoms. The standard InChI is InChI=1S/C12H11N3O4S/c1-7-13-5-8(20-7)6-14-11-9(12(16)17)3-2-4-10(11)15(18)19/h2-5,14H,6H2,1H3,(H,16,17). The molecule has 0 radical (unpaired) electrons. The molecule has 0 saturated heterocycles. The molecule has 2 N–H and O–H groups in total. The minimum atomic E-state index is -1.21. The lowest BCUT2D eigenvalue weighted by molar-refractivity contribution is -0.384. The topological polar surface area (TPSA) is 105 Å². The van der Waals surface area contributed by atoms with Crippen molar-refractivity contribution in [3.05, 3.63) is 50.0 Å². The molecule has 0 aliphatic heterocycles. The van der Waals surface area contributed by atoms with Crippen LogP contribution in [0.25, 0.3) is 0 Å². The molecule has 0 amide bonds. The third kappa shape index (κ3) is 2.91. The van der Waals surface area contributed by atoms with E-state index in [0.29, 0.717) is 0 Å². The van der Waals surface area contributed by atoms with E-state index in [9.17, 15) is 14.9 Å². The Balaban J connectivity index is 2.32. The Hall–Kier alpha value is -2.48. The van der Waals surface area contributed by atoms with Gasteiger partial charge in [-0.15, -0.1) is 11.3 Å². The number of anilines is 1. The van der Waals surface area contributed by atoms with Crippen LogP contribution in [0.5, 0.6) is 0 Å². The number of thiazole rings is 1. The van der Waals surface area contributed by atoms with E-state index < -0.39 is 10.9 Å². The van der Waals surface area contributed by atoms with Crippen LogP contribution in [-0.4, -0.2) is 21.0 Å². The van der Waals surface area contributed by atoms with Crippen LogP contribution in [0, 0.1) is 17.0 Å². The fourth-order valence-corrected chi connectivity index (χ4v) is 2.45. The van der Waals surface area contributed by atoms with Crippen molar-refractivity contribution in [3.63, 3.8) is 0 Å². The summed E-state index contributed by atoms with van der Waals surface area (Å²) in [6.45, 7) is 2.14. The fraction of sp³-hybridized carbons (Fsp3) is 0.167. The van der Waals surface area contributed by atoms with Crippen LogP contribution in [0.2, 0.25) is 0 Å². The Labute approximate surface area is 118 Å². The van der Waals surface area contributed by atoms with Crippen molar-refractivity contribution in [2.45, 2.75) is 13.5 Å². The number of carbonyl (C=O) groups is 1. The number of para-hydroxylation sites is 1. The molecule has 0 aliphatic rings. The highest BCUT2D eigenvalue weighted by Crippen LogP contribution is 2.29. The molecule has 1 heterocycles. The monoisotopic (exact) mass is 293 g/mol. The molecule has 0 bridgehead atoms. The molecule has 1 aromatic carbocycles. The zero-order valence-electron chi connectivity index (χ0n) is 10.5. The van der Waals surface area contributed by atoms with Crippen LogP contribution in [0.3, 0.4) is 0 Å². The number of benzene rings is 1. The zero-order valence-corrected chi connectivity index (χ0v) is 11.3. The molecule has 0 saturated carbocycles. The van der Waals surface area contributed by atoms with Crippen LogP contribution in [0.15, 0.2) is 24.4 Å². The van der Waals surface area contributed by atoms with Gasteiger partial charge in [0.15, 0.2) is 0 Å². The number of aromatic nitrogens is 1. The van der Waals surface area contributed by atoms with Crippen molar-refractivity contribution < 1.29 is 14.8 Å². The van der Waals surface area contributed by atoms with E-state index in [2.05, 4.69) is 10.3 Å².